The molecule has 0 fully saturated rings. The first kappa shape index (κ1) is 16.6. The fraction of sp³-hybridized carbons (Fsp3) is 0.300. The summed E-state index contributed by atoms with van der Waals surface area (Å²) in [6, 6.07) is 10.3. The number of carbonyl (C=O) groups is 1. The molecule has 0 N–H and O–H groups in total. The second kappa shape index (κ2) is 7.17. The van der Waals surface area contributed by atoms with Gasteiger partial charge in [-0.1, -0.05) is 24.3 Å². The quantitative estimate of drug-likeness (QED) is 0.664. The molecule has 2 aromatic heterocycles. The van der Waals surface area contributed by atoms with Crippen molar-refractivity contribution in [3.63, 3.8) is 0 Å². The fourth-order valence-corrected chi connectivity index (χ4v) is 3.70. The monoisotopic (exact) mass is 347 g/mol. The molecule has 1 aromatic carbocycles. The van der Waals surface area contributed by atoms with E-state index in [9.17, 15) is 4.79 Å². The maximum absolute atomic E-state index is 11.4. The van der Waals surface area contributed by atoms with Crippen LogP contribution in [-0.4, -0.2) is 37.5 Å². The van der Waals surface area contributed by atoms with Crippen LogP contribution in [0.4, 0.5) is 0 Å². The predicted molar refractivity (Wildman–Crippen MR) is 97.9 cm³/mol. The molecule has 1 aliphatic rings. The minimum absolute atomic E-state index is 0.0123. The second-order valence-electron chi connectivity index (χ2n) is 6.55. The van der Waals surface area contributed by atoms with Crippen LogP contribution in [0.15, 0.2) is 48.9 Å². The van der Waals surface area contributed by atoms with E-state index in [2.05, 4.69) is 44.2 Å². The highest BCUT2D eigenvalue weighted by Gasteiger charge is 2.27. The Morgan fingerprint density at radius 1 is 1.15 bits per heavy atom. The van der Waals surface area contributed by atoms with Gasteiger partial charge >= 0.3 is 0 Å². The molecule has 1 unspecified atom stereocenters. The van der Waals surface area contributed by atoms with Gasteiger partial charge in [0.25, 0.3) is 5.95 Å². The maximum atomic E-state index is 11.4. The van der Waals surface area contributed by atoms with Crippen molar-refractivity contribution in [3.05, 3.63) is 71.3 Å². The van der Waals surface area contributed by atoms with Gasteiger partial charge in [-0.3, -0.25) is 4.90 Å². The molecule has 132 valence electrons. The van der Waals surface area contributed by atoms with Crippen molar-refractivity contribution in [2.75, 3.05) is 6.54 Å². The number of benzene rings is 1. The highest BCUT2D eigenvalue weighted by molar-refractivity contribution is 5.52. The molecule has 6 heteroatoms. The van der Waals surface area contributed by atoms with E-state index in [1.807, 2.05) is 13.1 Å². The Bertz CT molecular complexity index is 906. The summed E-state index contributed by atoms with van der Waals surface area (Å²) < 4.78 is 1.74. The average Bonchev–Trinajstić information content (AvgIpc) is 3.07. The summed E-state index contributed by atoms with van der Waals surface area (Å²) in [6.07, 6.45) is 7.70. The van der Waals surface area contributed by atoms with Gasteiger partial charge in [0.05, 0.1) is 6.20 Å². The molecule has 1 aliphatic heterocycles. The molecule has 0 radical (unpaired) electrons. The maximum Gasteiger partial charge on any atom is 0.250 e. The molecule has 1 atom stereocenters. The summed E-state index contributed by atoms with van der Waals surface area (Å²) in [5.74, 6) is 0.546. The van der Waals surface area contributed by atoms with E-state index in [1.165, 1.54) is 11.1 Å². The van der Waals surface area contributed by atoms with Crippen LogP contribution in [0.3, 0.4) is 0 Å². The zero-order valence-electron chi connectivity index (χ0n) is 14.7. The summed E-state index contributed by atoms with van der Waals surface area (Å²) in [4.78, 5) is 22.3. The smallest absolute Gasteiger partial charge is 0.250 e. The van der Waals surface area contributed by atoms with Crippen LogP contribution in [-0.2, 0) is 17.8 Å². The first-order valence-corrected chi connectivity index (χ1v) is 8.84. The number of fused-ring (bicyclic) bond motifs is 1. The minimum Gasteiger partial charge on any atom is -0.303 e. The molecule has 0 saturated carbocycles. The molecule has 0 spiro atoms. The number of carbonyl (C=O) groups excluding carboxylic acids is 1. The van der Waals surface area contributed by atoms with Gasteiger partial charge in [-0.2, -0.15) is 5.10 Å². The van der Waals surface area contributed by atoms with Crippen molar-refractivity contribution < 1.29 is 4.79 Å². The molecule has 6 nitrogen and oxygen atoms in total. The number of rotatable bonds is 5. The molecule has 3 aromatic rings. The Hall–Kier alpha value is -2.86. The highest BCUT2D eigenvalue weighted by Crippen LogP contribution is 2.31. The van der Waals surface area contributed by atoms with Crippen LogP contribution in [0, 0.1) is 6.92 Å². The number of hydrogen-bond acceptors (Lipinski definition) is 5. The molecular weight excluding hydrogens is 326 g/mol. The Morgan fingerprint density at radius 2 is 1.92 bits per heavy atom. The van der Waals surface area contributed by atoms with Crippen molar-refractivity contribution in [3.8, 4) is 5.95 Å². The number of aldehydes is 1. The van der Waals surface area contributed by atoms with E-state index in [-0.39, 0.29) is 6.04 Å². The van der Waals surface area contributed by atoms with Crippen LogP contribution < -0.4 is 0 Å². The van der Waals surface area contributed by atoms with Gasteiger partial charge in [-0.25, -0.2) is 14.6 Å². The Labute approximate surface area is 152 Å². The van der Waals surface area contributed by atoms with E-state index in [0.29, 0.717) is 12.4 Å². The summed E-state index contributed by atoms with van der Waals surface area (Å²) in [6.45, 7) is 3.79. The van der Waals surface area contributed by atoms with E-state index in [1.54, 1.807) is 23.1 Å². The number of aromatic nitrogens is 4. The predicted octanol–water partition coefficient (Wildman–Crippen LogP) is 2.66. The fourth-order valence-electron chi connectivity index (χ4n) is 3.70. The van der Waals surface area contributed by atoms with Crippen LogP contribution >= 0.6 is 0 Å². The molecule has 0 bridgehead atoms. The largest absolute Gasteiger partial charge is 0.303 e. The lowest BCUT2D eigenvalue weighted by molar-refractivity contribution is -0.109. The molecule has 0 aliphatic carbocycles. The van der Waals surface area contributed by atoms with E-state index < -0.39 is 0 Å². The SMILES string of the molecule is Cc1c(C(CC=O)N2CCc3ccccc3C2)cnn1-c1ncccn1. The summed E-state index contributed by atoms with van der Waals surface area (Å²) in [5.41, 5.74) is 4.77. The molecule has 4 rings (SSSR count). The second-order valence-corrected chi connectivity index (χ2v) is 6.55. The van der Waals surface area contributed by atoms with Crippen LogP contribution in [0.2, 0.25) is 0 Å². The highest BCUT2D eigenvalue weighted by atomic mass is 16.1. The van der Waals surface area contributed by atoms with E-state index in [0.717, 1.165) is 37.1 Å². The first-order chi connectivity index (χ1) is 12.8. The standard InChI is InChI=1S/C20H21N5O/c1-15-18(13-23-25(15)20-21-9-4-10-22-20)19(8-12-26)24-11-7-16-5-2-3-6-17(16)14-24/h2-6,9-10,12-13,19H,7-8,11,14H2,1H3. The lowest BCUT2D eigenvalue weighted by Gasteiger charge is -2.35. The molecule has 0 saturated heterocycles. The Kier molecular flexibility index (Phi) is 4.58. The summed E-state index contributed by atoms with van der Waals surface area (Å²) >= 11 is 0. The summed E-state index contributed by atoms with van der Waals surface area (Å²) in [7, 11) is 0. The number of nitrogens with zero attached hydrogens (tertiary/aromatic N) is 5. The average molecular weight is 347 g/mol. The van der Waals surface area contributed by atoms with Crippen molar-refractivity contribution in [1.82, 2.24) is 24.6 Å². The van der Waals surface area contributed by atoms with E-state index >= 15 is 0 Å². The zero-order valence-corrected chi connectivity index (χ0v) is 14.7. The minimum atomic E-state index is 0.0123. The first-order valence-electron chi connectivity index (χ1n) is 8.84. The van der Waals surface area contributed by atoms with Crippen molar-refractivity contribution >= 4 is 6.29 Å². The third kappa shape index (κ3) is 3.04. The van der Waals surface area contributed by atoms with Crippen LogP contribution in [0.1, 0.15) is 34.8 Å². The normalized spacial score (nSPS) is 15.4. The third-order valence-corrected chi connectivity index (χ3v) is 5.07. The van der Waals surface area contributed by atoms with Gasteiger partial charge in [-0.05, 0) is 30.5 Å². The van der Waals surface area contributed by atoms with Crippen LogP contribution in [0.25, 0.3) is 5.95 Å². The van der Waals surface area contributed by atoms with Crippen molar-refractivity contribution in [2.24, 2.45) is 0 Å². The van der Waals surface area contributed by atoms with Crippen molar-refractivity contribution in [1.29, 1.82) is 0 Å². The van der Waals surface area contributed by atoms with E-state index in [4.69, 9.17) is 0 Å². The zero-order chi connectivity index (χ0) is 17.9. The molecular formula is C20H21N5O. The molecule has 0 amide bonds. The Morgan fingerprint density at radius 3 is 2.69 bits per heavy atom. The van der Waals surface area contributed by atoms with Gasteiger partial charge in [0.15, 0.2) is 0 Å². The van der Waals surface area contributed by atoms with Crippen LogP contribution in [0.5, 0.6) is 0 Å². The summed E-state index contributed by atoms with van der Waals surface area (Å²) in [5, 5.41) is 4.48. The third-order valence-electron chi connectivity index (χ3n) is 5.07. The van der Waals surface area contributed by atoms with Gasteiger partial charge < -0.3 is 4.79 Å². The lowest BCUT2D eigenvalue weighted by Crippen LogP contribution is -2.34. The van der Waals surface area contributed by atoms with Gasteiger partial charge in [0.1, 0.15) is 6.29 Å². The van der Waals surface area contributed by atoms with Gasteiger partial charge in [0, 0.05) is 49.2 Å². The van der Waals surface area contributed by atoms with Crippen molar-refractivity contribution in [2.45, 2.75) is 32.4 Å². The molecule has 3 heterocycles. The molecule has 26 heavy (non-hydrogen) atoms. The lowest BCUT2D eigenvalue weighted by atomic mass is 9.95. The van der Waals surface area contributed by atoms with Gasteiger partial charge in [0.2, 0.25) is 0 Å². The van der Waals surface area contributed by atoms with Gasteiger partial charge in [-0.15, -0.1) is 0 Å². The Balaban J connectivity index is 1.66. The number of hydrogen-bond donors (Lipinski definition) is 0. The topological polar surface area (TPSA) is 63.9 Å².